The number of allylic oxidation sites excluding steroid dienone is 1. The predicted molar refractivity (Wildman–Crippen MR) is 67.2 cm³/mol. The molecule has 0 aliphatic rings. The van der Waals surface area contributed by atoms with Gasteiger partial charge in [0.1, 0.15) is 0 Å². The summed E-state index contributed by atoms with van der Waals surface area (Å²) in [6.07, 6.45) is 6.76. The Morgan fingerprint density at radius 2 is 2.19 bits per heavy atom. The zero-order chi connectivity index (χ0) is 11.8. The minimum atomic E-state index is -0.413. The molecular formula is C14H21NO. The number of unbranched alkanes of at least 4 members (excludes halogenated alkanes) is 3. The van der Waals surface area contributed by atoms with Crippen molar-refractivity contribution >= 4 is 0 Å². The van der Waals surface area contributed by atoms with Crippen LogP contribution in [0.1, 0.15) is 49.6 Å². The summed E-state index contributed by atoms with van der Waals surface area (Å²) in [5.41, 5.74) is 1.76. The lowest BCUT2D eigenvalue weighted by molar-refractivity contribution is 0.158. The molecule has 2 heteroatoms. The number of nitrogens with zero attached hydrogens (tertiary/aromatic N) is 1. The third kappa shape index (κ3) is 4.58. The summed E-state index contributed by atoms with van der Waals surface area (Å²) in [7, 11) is 0. The molecule has 2 nitrogen and oxygen atoms in total. The van der Waals surface area contributed by atoms with Gasteiger partial charge in [0.05, 0.1) is 11.8 Å². The predicted octanol–water partition coefficient (Wildman–Crippen LogP) is 3.56. The highest BCUT2D eigenvalue weighted by molar-refractivity contribution is 5.11. The number of rotatable bonds is 7. The van der Waals surface area contributed by atoms with Crippen molar-refractivity contribution in [3.05, 3.63) is 42.2 Å². The molecule has 88 valence electrons. The molecule has 0 amide bonds. The van der Waals surface area contributed by atoms with Crippen LogP contribution in [0.15, 0.2) is 30.9 Å². The van der Waals surface area contributed by atoms with Gasteiger partial charge in [0, 0.05) is 5.69 Å². The Hall–Kier alpha value is -1.15. The van der Waals surface area contributed by atoms with Crippen molar-refractivity contribution in [1.29, 1.82) is 0 Å². The minimum Gasteiger partial charge on any atom is -0.387 e. The van der Waals surface area contributed by atoms with Crippen LogP contribution in [0.3, 0.4) is 0 Å². The van der Waals surface area contributed by atoms with Gasteiger partial charge in [0.15, 0.2) is 0 Å². The quantitative estimate of drug-likeness (QED) is 0.562. The average Bonchev–Trinajstić information content (AvgIpc) is 2.28. The largest absolute Gasteiger partial charge is 0.387 e. The molecule has 0 aliphatic heterocycles. The molecule has 1 aromatic rings. The third-order valence-electron chi connectivity index (χ3n) is 2.64. The normalized spacial score (nSPS) is 12.4. The number of aliphatic hydroxyl groups is 1. The van der Waals surface area contributed by atoms with Gasteiger partial charge in [-0.05, 0) is 38.3 Å². The number of aliphatic hydroxyl groups excluding tert-OH is 1. The second-order valence-electron chi connectivity index (χ2n) is 4.15. The van der Waals surface area contributed by atoms with E-state index < -0.39 is 6.10 Å². The van der Waals surface area contributed by atoms with Crippen molar-refractivity contribution in [2.24, 2.45) is 0 Å². The maximum absolute atomic E-state index is 9.92. The average molecular weight is 219 g/mol. The fraction of sp³-hybridized carbons (Fsp3) is 0.500. The summed E-state index contributed by atoms with van der Waals surface area (Å²) in [5.74, 6) is 0. The molecule has 1 unspecified atom stereocenters. The maximum Gasteiger partial charge on any atom is 0.0959 e. The van der Waals surface area contributed by atoms with E-state index in [1.165, 1.54) is 0 Å². The van der Waals surface area contributed by atoms with Gasteiger partial charge in [0.25, 0.3) is 0 Å². The summed E-state index contributed by atoms with van der Waals surface area (Å²) in [4.78, 5) is 4.32. The molecule has 0 radical (unpaired) electrons. The van der Waals surface area contributed by atoms with Crippen LogP contribution >= 0.6 is 0 Å². The van der Waals surface area contributed by atoms with Crippen LogP contribution in [-0.4, -0.2) is 10.1 Å². The van der Waals surface area contributed by atoms with Crippen LogP contribution in [0.2, 0.25) is 0 Å². The van der Waals surface area contributed by atoms with Gasteiger partial charge in [-0.2, -0.15) is 0 Å². The van der Waals surface area contributed by atoms with Gasteiger partial charge in [-0.15, -0.1) is 6.58 Å². The highest BCUT2D eigenvalue weighted by atomic mass is 16.3. The van der Waals surface area contributed by atoms with E-state index in [9.17, 15) is 5.11 Å². The highest BCUT2D eigenvalue weighted by Gasteiger charge is 2.08. The molecule has 0 saturated carbocycles. The Bertz CT molecular complexity index is 322. The van der Waals surface area contributed by atoms with Gasteiger partial charge in [-0.3, -0.25) is 4.98 Å². The zero-order valence-electron chi connectivity index (χ0n) is 10.0. The van der Waals surface area contributed by atoms with Crippen LogP contribution in [-0.2, 0) is 0 Å². The molecular weight excluding hydrogens is 198 g/mol. The Balaban J connectivity index is 2.29. The first-order valence-corrected chi connectivity index (χ1v) is 5.96. The number of aromatic nitrogens is 1. The van der Waals surface area contributed by atoms with Crippen LogP contribution in [0.4, 0.5) is 0 Å². The van der Waals surface area contributed by atoms with Crippen molar-refractivity contribution in [3.8, 4) is 0 Å². The molecule has 0 spiro atoms. The summed E-state index contributed by atoms with van der Waals surface area (Å²) in [5, 5.41) is 9.92. The summed E-state index contributed by atoms with van der Waals surface area (Å²) in [6.45, 7) is 5.64. The van der Waals surface area contributed by atoms with Crippen molar-refractivity contribution in [3.63, 3.8) is 0 Å². The summed E-state index contributed by atoms with van der Waals surface area (Å²) in [6, 6.07) is 5.78. The van der Waals surface area contributed by atoms with Gasteiger partial charge < -0.3 is 5.11 Å². The molecule has 0 saturated heterocycles. The zero-order valence-corrected chi connectivity index (χ0v) is 10.0. The van der Waals surface area contributed by atoms with Crippen LogP contribution in [0.25, 0.3) is 0 Å². The van der Waals surface area contributed by atoms with E-state index in [4.69, 9.17) is 0 Å². The van der Waals surface area contributed by atoms with Gasteiger partial charge >= 0.3 is 0 Å². The van der Waals surface area contributed by atoms with Gasteiger partial charge in [-0.1, -0.05) is 25.0 Å². The topological polar surface area (TPSA) is 33.1 Å². The molecule has 1 aromatic heterocycles. The van der Waals surface area contributed by atoms with Gasteiger partial charge in [-0.25, -0.2) is 0 Å². The Morgan fingerprint density at radius 1 is 1.38 bits per heavy atom. The lowest BCUT2D eigenvalue weighted by Gasteiger charge is -2.10. The van der Waals surface area contributed by atoms with Crippen LogP contribution < -0.4 is 0 Å². The van der Waals surface area contributed by atoms with E-state index in [-0.39, 0.29) is 0 Å². The molecule has 16 heavy (non-hydrogen) atoms. The smallest absolute Gasteiger partial charge is 0.0959 e. The maximum atomic E-state index is 9.92. The van der Waals surface area contributed by atoms with E-state index in [0.717, 1.165) is 43.5 Å². The molecule has 1 heterocycles. The Kier molecular flexibility index (Phi) is 5.79. The van der Waals surface area contributed by atoms with E-state index in [1.807, 2.05) is 31.2 Å². The fourth-order valence-corrected chi connectivity index (χ4v) is 1.70. The molecule has 1 N–H and O–H groups in total. The summed E-state index contributed by atoms with van der Waals surface area (Å²) < 4.78 is 0. The van der Waals surface area contributed by atoms with E-state index in [0.29, 0.717) is 0 Å². The number of pyridine rings is 1. The second-order valence-corrected chi connectivity index (χ2v) is 4.15. The Morgan fingerprint density at radius 3 is 2.88 bits per heavy atom. The van der Waals surface area contributed by atoms with Crippen LogP contribution in [0.5, 0.6) is 0 Å². The van der Waals surface area contributed by atoms with Crippen molar-refractivity contribution in [2.45, 2.75) is 45.1 Å². The first-order chi connectivity index (χ1) is 7.74. The minimum absolute atomic E-state index is 0.413. The van der Waals surface area contributed by atoms with E-state index in [1.54, 1.807) is 0 Å². The lowest BCUT2D eigenvalue weighted by atomic mass is 10.1. The van der Waals surface area contributed by atoms with Gasteiger partial charge in [0.2, 0.25) is 0 Å². The molecule has 1 atom stereocenters. The van der Waals surface area contributed by atoms with E-state index in [2.05, 4.69) is 11.6 Å². The standard InChI is InChI=1S/C14H21NO/c1-3-4-5-6-7-11-14(16)13-10-8-9-12(2)15-13/h3,8-10,14,16H,1,4-7,11H2,2H3. The first kappa shape index (κ1) is 12.9. The fourth-order valence-electron chi connectivity index (χ4n) is 1.70. The molecule has 0 aliphatic carbocycles. The monoisotopic (exact) mass is 219 g/mol. The second kappa shape index (κ2) is 7.18. The Labute approximate surface area is 98.0 Å². The molecule has 0 aromatic carbocycles. The molecule has 1 rings (SSSR count). The van der Waals surface area contributed by atoms with Crippen molar-refractivity contribution < 1.29 is 5.11 Å². The highest BCUT2D eigenvalue weighted by Crippen LogP contribution is 2.18. The SMILES string of the molecule is C=CCCCCCC(O)c1cccc(C)n1. The third-order valence-corrected chi connectivity index (χ3v) is 2.64. The first-order valence-electron chi connectivity index (χ1n) is 5.96. The number of hydrogen-bond acceptors (Lipinski definition) is 2. The molecule has 0 fully saturated rings. The van der Waals surface area contributed by atoms with Crippen molar-refractivity contribution in [1.82, 2.24) is 4.98 Å². The van der Waals surface area contributed by atoms with E-state index >= 15 is 0 Å². The number of aryl methyl sites for hydroxylation is 1. The number of hydrogen-bond donors (Lipinski definition) is 1. The molecule has 0 bridgehead atoms. The van der Waals surface area contributed by atoms with Crippen molar-refractivity contribution in [2.75, 3.05) is 0 Å². The van der Waals surface area contributed by atoms with Crippen LogP contribution in [0, 0.1) is 6.92 Å². The summed E-state index contributed by atoms with van der Waals surface area (Å²) >= 11 is 0. The lowest BCUT2D eigenvalue weighted by Crippen LogP contribution is -2.01.